The molecule has 1 aromatic heterocycles. The average Bonchev–Trinajstić information content (AvgIpc) is 2.31. The molecule has 0 spiro atoms. The topological polar surface area (TPSA) is 38.9 Å². The largest absolute Gasteiger partial charge is 0.244 e. The highest BCUT2D eigenvalue weighted by Gasteiger charge is 2.22. The zero-order valence-corrected chi connectivity index (χ0v) is 7.51. The standard InChI is InChI=1S/C8H14N2O/c1-5-6-7(8(2,3)4)10-11-9-6/h5H2,1-4H3. The van der Waals surface area contributed by atoms with Gasteiger partial charge in [0.2, 0.25) is 0 Å². The third kappa shape index (κ3) is 1.59. The van der Waals surface area contributed by atoms with Gasteiger partial charge in [-0.3, -0.25) is 0 Å². The number of rotatable bonds is 1. The van der Waals surface area contributed by atoms with Crippen molar-refractivity contribution in [3.63, 3.8) is 0 Å². The fourth-order valence-corrected chi connectivity index (χ4v) is 1.01. The van der Waals surface area contributed by atoms with Crippen LogP contribution in [0.5, 0.6) is 0 Å². The smallest absolute Gasteiger partial charge is 0.113 e. The van der Waals surface area contributed by atoms with Gasteiger partial charge in [-0.15, -0.1) is 0 Å². The zero-order chi connectivity index (χ0) is 8.48. The molecule has 0 aliphatic rings. The summed E-state index contributed by atoms with van der Waals surface area (Å²) in [6.45, 7) is 8.36. The van der Waals surface area contributed by atoms with Crippen LogP contribution < -0.4 is 0 Å². The molecule has 0 unspecified atom stereocenters. The first-order chi connectivity index (χ1) is 5.05. The number of aryl methyl sites for hydroxylation is 1. The molecule has 0 radical (unpaired) electrons. The van der Waals surface area contributed by atoms with E-state index in [1.54, 1.807) is 0 Å². The van der Waals surface area contributed by atoms with Gasteiger partial charge < -0.3 is 0 Å². The van der Waals surface area contributed by atoms with Gasteiger partial charge in [0.15, 0.2) is 0 Å². The Labute approximate surface area is 66.8 Å². The molecular formula is C8H14N2O. The van der Waals surface area contributed by atoms with Crippen molar-refractivity contribution >= 4 is 0 Å². The summed E-state index contributed by atoms with van der Waals surface area (Å²) in [5.41, 5.74) is 1.99. The lowest BCUT2D eigenvalue weighted by atomic mass is 9.90. The second-order valence-corrected chi connectivity index (χ2v) is 3.66. The fraction of sp³-hybridized carbons (Fsp3) is 0.750. The first-order valence-electron chi connectivity index (χ1n) is 3.87. The van der Waals surface area contributed by atoms with Crippen LogP contribution in [0.2, 0.25) is 0 Å². The molecule has 0 aromatic carbocycles. The lowest BCUT2D eigenvalue weighted by molar-refractivity contribution is 0.295. The van der Waals surface area contributed by atoms with Crippen LogP contribution in [-0.2, 0) is 11.8 Å². The van der Waals surface area contributed by atoms with Crippen LogP contribution in [0.3, 0.4) is 0 Å². The fourth-order valence-electron chi connectivity index (χ4n) is 1.01. The van der Waals surface area contributed by atoms with Crippen molar-refractivity contribution in [1.29, 1.82) is 0 Å². The summed E-state index contributed by atoms with van der Waals surface area (Å²) in [5.74, 6) is 0. The molecule has 0 atom stereocenters. The van der Waals surface area contributed by atoms with Gasteiger partial charge in [-0.25, -0.2) is 4.63 Å². The summed E-state index contributed by atoms with van der Waals surface area (Å²) in [6, 6.07) is 0. The Balaban J connectivity index is 3.02. The molecular weight excluding hydrogens is 140 g/mol. The maximum absolute atomic E-state index is 4.66. The molecule has 0 saturated heterocycles. The van der Waals surface area contributed by atoms with Crippen LogP contribution in [0.4, 0.5) is 0 Å². The molecule has 3 nitrogen and oxygen atoms in total. The van der Waals surface area contributed by atoms with Gasteiger partial charge in [-0.2, -0.15) is 0 Å². The summed E-state index contributed by atoms with van der Waals surface area (Å²) in [5, 5.41) is 7.69. The van der Waals surface area contributed by atoms with E-state index in [0.717, 1.165) is 17.8 Å². The van der Waals surface area contributed by atoms with Crippen LogP contribution in [0.25, 0.3) is 0 Å². The monoisotopic (exact) mass is 154 g/mol. The number of nitrogens with zero attached hydrogens (tertiary/aromatic N) is 2. The minimum Gasteiger partial charge on any atom is -0.244 e. The molecule has 0 aliphatic carbocycles. The molecule has 0 N–H and O–H groups in total. The van der Waals surface area contributed by atoms with Gasteiger partial charge in [-0.05, 0) is 6.42 Å². The van der Waals surface area contributed by atoms with Crippen molar-refractivity contribution < 1.29 is 4.63 Å². The van der Waals surface area contributed by atoms with Crippen LogP contribution in [0, 0.1) is 0 Å². The molecule has 1 rings (SSSR count). The first kappa shape index (κ1) is 8.24. The van der Waals surface area contributed by atoms with Crippen molar-refractivity contribution in [2.75, 3.05) is 0 Å². The molecule has 0 fully saturated rings. The van der Waals surface area contributed by atoms with E-state index < -0.39 is 0 Å². The minimum absolute atomic E-state index is 0.0470. The molecule has 11 heavy (non-hydrogen) atoms. The SMILES string of the molecule is CCc1nonc1C(C)(C)C. The molecule has 0 aliphatic heterocycles. The lowest BCUT2D eigenvalue weighted by Crippen LogP contribution is -2.14. The van der Waals surface area contributed by atoms with Gasteiger partial charge in [0, 0.05) is 5.41 Å². The highest BCUT2D eigenvalue weighted by Crippen LogP contribution is 2.22. The summed E-state index contributed by atoms with van der Waals surface area (Å²) >= 11 is 0. The highest BCUT2D eigenvalue weighted by molar-refractivity contribution is 5.16. The minimum atomic E-state index is 0.0470. The van der Waals surface area contributed by atoms with E-state index in [2.05, 4.69) is 42.6 Å². The van der Waals surface area contributed by atoms with E-state index in [9.17, 15) is 0 Å². The molecule has 3 heteroatoms. The highest BCUT2D eigenvalue weighted by atomic mass is 16.6. The predicted octanol–water partition coefficient (Wildman–Crippen LogP) is 1.93. The van der Waals surface area contributed by atoms with Crippen molar-refractivity contribution in [1.82, 2.24) is 10.3 Å². The maximum Gasteiger partial charge on any atom is 0.113 e. The van der Waals surface area contributed by atoms with Gasteiger partial charge >= 0.3 is 0 Å². The van der Waals surface area contributed by atoms with Crippen molar-refractivity contribution in [3.8, 4) is 0 Å². The van der Waals surface area contributed by atoms with Crippen LogP contribution >= 0.6 is 0 Å². The second-order valence-electron chi connectivity index (χ2n) is 3.66. The normalized spacial score (nSPS) is 12.0. The number of hydrogen-bond donors (Lipinski definition) is 0. The van der Waals surface area contributed by atoms with Crippen LogP contribution in [-0.4, -0.2) is 10.3 Å². The van der Waals surface area contributed by atoms with Gasteiger partial charge in [-0.1, -0.05) is 38.0 Å². The van der Waals surface area contributed by atoms with E-state index in [4.69, 9.17) is 0 Å². The van der Waals surface area contributed by atoms with Crippen molar-refractivity contribution in [3.05, 3.63) is 11.4 Å². The summed E-state index contributed by atoms with van der Waals surface area (Å²) in [4.78, 5) is 0. The molecule has 1 aromatic rings. The van der Waals surface area contributed by atoms with Crippen molar-refractivity contribution in [2.24, 2.45) is 0 Å². The zero-order valence-electron chi connectivity index (χ0n) is 7.51. The Kier molecular flexibility index (Phi) is 1.98. The Bertz CT molecular complexity index is 234. The van der Waals surface area contributed by atoms with Crippen LogP contribution in [0.15, 0.2) is 4.63 Å². The maximum atomic E-state index is 4.66. The van der Waals surface area contributed by atoms with E-state index in [1.165, 1.54) is 0 Å². The van der Waals surface area contributed by atoms with E-state index >= 15 is 0 Å². The molecule has 0 saturated carbocycles. The Hall–Kier alpha value is -0.860. The molecule has 0 bridgehead atoms. The molecule has 62 valence electrons. The third-order valence-electron chi connectivity index (χ3n) is 1.60. The molecule has 0 amide bonds. The Morgan fingerprint density at radius 1 is 1.27 bits per heavy atom. The van der Waals surface area contributed by atoms with Gasteiger partial charge in [0.05, 0.1) is 0 Å². The van der Waals surface area contributed by atoms with Crippen molar-refractivity contribution in [2.45, 2.75) is 39.5 Å². The number of aromatic nitrogens is 2. The third-order valence-corrected chi connectivity index (χ3v) is 1.60. The Morgan fingerprint density at radius 2 is 1.91 bits per heavy atom. The van der Waals surface area contributed by atoms with E-state index in [-0.39, 0.29) is 5.41 Å². The average molecular weight is 154 g/mol. The van der Waals surface area contributed by atoms with Gasteiger partial charge in [0.25, 0.3) is 0 Å². The lowest BCUT2D eigenvalue weighted by Gasteiger charge is -2.14. The second kappa shape index (κ2) is 2.64. The quantitative estimate of drug-likeness (QED) is 0.620. The Morgan fingerprint density at radius 3 is 2.27 bits per heavy atom. The summed E-state index contributed by atoms with van der Waals surface area (Å²) in [6.07, 6.45) is 0.885. The first-order valence-corrected chi connectivity index (χ1v) is 3.87. The number of hydrogen-bond acceptors (Lipinski definition) is 3. The van der Waals surface area contributed by atoms with E-state index in [0.29, 0.717) is 0 Å². The van der Waals surface area contributed by atoms with Gasteiger partial charge in [0.1, 0.15) is 11.4 Å². The summed E-state index contributed by atoms with van der Waals surface area (Å²) < 4.78 is 4.66. The summed E-state index contributed by atoms with van der Waals surface area (Å²) in [7, 11) is 0. The predicted molar refractivity (Wildman–Crippen MR) is 42.4 cm³/mol. The van der Waals surface area contributed by atoms with E-state index in [1.807, 2.05) is 0 Å². The van der Waals surface area contributed by atoms with Crippen LogP contribution in [0.1, 0.15) is 39.1 Å². The molecule has 1 heterocycles.